The molecule has 1 fully saturated rings. The Kier molecular flexibility index (Phi) is 7.70. The predicted octanol–water partition coefficient (Wildman–Crippen LogP) is 1.40. The van der Waals surface area contributed by atoms with Crippen LogP contribution in [0.2, 0.25) is 0 Å². The first kappa shape index (κ1) is 15.8. The molecule has 1 aliphatic rings. The molecule has 1 amide bonds. The molecular weight excluding hydrogens is 248 g/mol. The van der Waals surface area contributed by atoms with E-state index in [4.69, 9.17) is 4.74 Å². The van der Waals surface area contributed by atoms with Crippen molar-refractivity contribution in [3.8, 4) is 0 Å². The Morgan fingerprint density at radius 3 is 2.61 bits per heavy atom. The standard InChI is InChI=1S/C13H26N2O2S/c1-10(9-17-2)15-13(16)8-14-11-4-6-12(18-3)7-5-11/h10-12,14H,4-9H2,1-3H3,(H,15,16). The number of ether oxygens (including phenoxy) is 1. The van der Waals surface area contributed by atoms with Crippen LogP contribution >= 0.6 is 11.8 Å². The Bertz CT molecular complexity index is 243. The van der Waals surface area contributed by atoms with Crippen LogP contribution in [-0.4, -0.2) is 49.8 Å². The van der Waals surface area contributed by atoms with E-state index < -0.39 is 0 Å². The molecule has 18 heavy (non-hydrogen) atoms. The van der Waals surface area contributed by atoms with E-state index in [9.17, 15) is 4.79 Å². The molecule has 0 heterocycles. The molecule has 0 saturated heterocycles. The average molecular weight is 274 g/mol. The quantitative estimate of drug-likeness (QED) is 0.737. The fraction of sp³-hybridized carbons (Fsp3) is 0.923. The SMILES string of the molecule is COCC(C)NC(=O)CNC1CCC(SC)CC1. The molecule has 1 rings (SSSR count). The lowest BCUT2D eigenvalue weighted by Crippen LogP contribution is -2.44. The molecule has 1 atom stereocenters. The maximum atomic E-state index is 11.7. The Balaban J connectivity index is 2.11. The van der Waals surface area contributed by atoms with E-state index >= 15 is 0 Å². The number of thioether (sulfide) groups is 1. The molecule has 5 heteroatoms. The summed E-state index contributed by atoms with van der Waals surface area (Å²) in [5, 5.41) is 7.08. The second-order valence-corrected chi connectivity index (χ2v) is 6.15. The Morgan fingerprint density at radius 1 is 1.39 bits per heavy atom. The van der Waals surface area contributed by atoms with Gasteiger partial charge in [0.2, 0.25) is 5.91 Å². The van der Waals surface area contributed by atoms with Crippen LogP contribution in [0.4, 0.5) is 0 Å². The highest BCUT2D eigenvalue weighted by molar-refractivity contribution is 7.99. The maximum Gasteiger partial charge on any atom is 0.234 e. The van der Waals surface area contributed by atoms with Gasteiger partial charge in [-0.3, -0.25) is 4.79 Å². The van der Waals surface area contributed by atoms with Crippen LogP contribution < -0.4 is 10.6 Å². The fourth-order valence-electron chi connectivity index (χ4n) is 2.36. The lowest BCUT2D eigenvalue weighted by atomic mass is 9.95. The van der Waals surface area contributed by atoms with Gasteiger partial charge in [0.05, 0.1) is 13.2 Å². The Hall–Kier alpha value is -0.260. The van der Waals surface area contributed by atoms with Crippen molar-refractivity contribution in [2.24, 2.45) is 0 Å². The Morgan fingerprint density at radius 2 is 2.06 bits per heavy atom. The highest BCUT2D eigenvalue weighted by Gasteiger charge is 2.20. The molecular formula is C13H26N2O2S. The maximum absolute atomic E-state index is 11.7. The summed E-state index contributed by atoms with van der Waals surface area (Å²) in [5.41, 5.74) is 0. The lowest BCUT2D eigenvalue weighted by molar-refractivity contribution is -0.121. The molecule has 4 nitrogen and oxygen atoms in total. The van der Waals surface area contributed by atoms with E-state index in [1.54, 1.807) is 7.11 Å². The number of hydrogen-bond donors (Lipinski definition) is 2. The van der Waals surface area contributed by atoms with Crippen molar-refractivity contribution < 1.29 is 9.53 Å². The molecule has 0 aliphatic heterocycles. The van der Waals surface area contributed by atoms with Gasteiger partial charge < -0.3 is 15.4 Å². The van der Waals surface area contributed by atoms with Gasteiger partial charge in [-0.25, -0.2) is 0 Å². The third kappa shape index (κ3) is 6.07. The molecule has 2 N–H and O–H groups in total. The smallest absolute Gasteiger partial charge is 0.234 e. The van der Waals surface area contributed by atoms with Gasteiger partial charge in [0.25, 0.3) is 0 Å². The summed E-state index contributed by atoms with van der Waals surface area (Å²) in [6.07, 6.45) is 7.09. The molecule has 0 spiro atoms. The molecule has 106 valence electrons. The first-order valence-corrected chi connectivity index (χ1v) is 7.99. The van der Waals surface area contributed by atoms with Crippen molar-refractivity contribution in [1.29, 1.82) is 0 Å². The van der Waals surface area contributed by atoms with Gasteiger partial charge in [-0.1, -0.05) is 0 Å². The third-order valence-corrected chi connectivity index (χ3v) is 4.52. The highest BCUT2D eigenvalue weighted by Crippen LogP contribution is 2.26. The van der Waals surface area contributed by atoms with Crippen LogP contribution in [0.25, 0.3) is 0 Å². The third-order valence-electron chi connectivity index (χ3n) is 3.38. The van der Waals surface area contributed by atoms with Gasteiger partial charge in [-0.2, -0.15) is 11.8 Å². The number of amides is 1. The Labute approximate surface area is 115 Å². The van der Waals surface area contributed by atoms with Gasteiger partial charge in [0.15, 0.2) is 0 Å². The number of carbonyl (C=O) groups excluding carboxylic acids is 1. The fourth-order valence-corrected chi connectivity index (χ4v) is 3.10. The summed E-state index contributed by atoms with van der Waals surface area (Å²) in [6, 6.07) is 0.591. The number of carbonyl (C=O) groups is 1. The molecule has 1 saturated carbocycles. The minimum Gasteiger partial charge on any atom is -0.383 e. The molecule has 0 aromatic rings. The van der Waals surface area contributed by atoms with E-state index in [0.29, 0.717) is 19.2 Å². The van der Waals surface area contributed by atoms with Gasteiger partial charge in [0.1, 0.15) is 0 Å². The summed E-state index contributed by atoms with van der Waals surface area (Å²) in [7, 11) is 1.64. The first-order valence-electron chi connectivity index (χ1n) is 6.70. The van der Waals surface area contributed by atoms with Crippen molar-refractivity contribution in [1.82, 2.24) is 10.6 Å². The van der Waals surface area contributed by atoms with Gasteiger partial charge in [-0.15, -0.1) is 0 Å². The van der Waals surface area contributed by atoms with E-state index in [0.717, 1.165) is 5.25 Å². The lowest BCUT2D eigenvalue weighted by Gasteiger charge is -2.28. The second-order valence-electron chi connectivity index (χ2n) is 5.01. The first-order chi connectivity index (χ1) is 8.65. The van der Waals surface area contributed by atoms with E-state index in [1.165, 1.54) is 25.7 Å². The van der Waals surface area contributed by atoms with Crippen LogP contribution in [0.3, 0.4) is 0 Å². The van der Waals surface area contributed by atoms with Crippen LogP contribution in [-0.2, 0) is 9.53 Å². The molecule has 0 radical (unpaired) electrons. The zero-order valence-corrected chi connectivity index (χ0v) is 12.5. The summed E-state index contributed by atoms with van der Waals surface area (Å²) in [4.78, 5) is 11.7. The number of rotatable bonds is 7. The average Bonchev–Trinajstić information content (AvgIpc) is 2.37. The van der Waals surface area contributed by atoms with Crippen molar-refractivity contribution in [3.63, 3.8) is 0 Å². The minimum atomic E-state index is 0.0616. The zero-order valence-electron chi connectivity index (χ0n) is 11.7. The van der Waals surface area contributed by atoms with Crippen LogP contribution in [0.5, 0.6) is 0 Å². The number of hydrogen-bond acceptors (Lipinski definition) is 4. The van der Waals surface area contributed by atoms with Crippen molar-refractivity contribution in [2.75, 3.05) is 26.5 Å². The van der Waals surface area contributed by atoms with Gasteiger partial charge in [-0.05, 0) is 38.9 Å². The minimum absolute atomic E-state index is 0.0616. The molecule has 1 unspecified atom stereocenters. The molecule has 0 aromatic heterocycles. The topological polar surface area (TPSA) is 50.4 Å². The van der Waals surface area contributed by atoms with Crippen molar-refractivity contribution >= 4 is 17.7 Å². The number of methoxy groups -OCH3 is 1. The predicted molar refractivity (Wildman–Crippen MR) is 77.0 cm³/mol. The molecule has 1 aliphatic carbocycles. The largest absolute Gasteiger partial charge is 0.383 e. The normalized spacial score (nSPS) is 25.7. The van der Waals surface area contributed by atoms with Crippen molar-refractivity contribution in [3.05, 3.63) is 0 Å². The summed E-state index contributed by atoms with van der Waals surface area (Å²) in [5.74, 6) is 0.0616. The molecule has 0 bridgehead atoms. The van der Waals surface area contributed by atoms with Gasteiger partial charge >= 0.3 is 0 Å². The highest BCUT2D eigenvalue weighted by atomic mass is 32.2. The number of nitrogens with one attached hydrogen (secondary N) is 2. The molecule has 0 aromatic carbocycles. The van der Waals surface area contributed by atoms with Crippen molar-refractivity contribution in [2.45, 2.75) is 49.9 Å². The zero-order chi connectivity index (χ0) is 13.4. The monoisotopic (exact) mass is 274 g/mol. The summed E-state index contributed by atoms with van der Waals surface area (Å²) < 4.78 is 4.99. The second kappa shape index (κ2) is 8.77. The summed E-state index contributed by atoms with van der Waals surface area (Å²) >= 11 is 1.97. The van der Waals surface area contributed by atoms with E-state index in [2.05, 4.69) is 16.9 Å². The van der Waals surface area contributed by atoms with E-state index in [-0.39, 0.29) is 11.9 Å². The van der Waals surface area contributed by atoms with Crippen LogP contribution in [0.1, 0.15) is 32.6 Å². The van der Waals surface area contributed by atoms with Crippen LogP contribution in [0.15, 0.2) is 0 Å². The van der Waals surface area contributed by atoms with Gasteiger partial charge in [0, 0.05) is 24.4 Å². The summed E-state index contributed by atoms with van der Waals surface area (Å²) in [6.45, 7) is 2.93. The van der Waals surface area contributed by atoms with E-state index in [1.807, 2.05) is 18.7 Å². The van der Waals surface area contributed by atoms with Crippen LogP contribution in [0, 0.1) is 0 Å².